The lowest BCUT2D eigenvalue weighted by Gasteiger charge is -2.33. The van der Waals surface area contributed by atoms with E-state index in [4.69, 9.17) is 9.84 Å². The Morgan fingerprint density at radius 1 is 1.42 bits per heavy atom. The molecular formula is C13H21NO5. The molecule has 1 aliphatic rings. The van der Waals surface area contributed by atoms with Gasteiger partial charge in [-0.2, -0.15) is 0 Å². The second kappa shape index (κ2) is 5.59. The van der Waals surface area contributed by atoms with Crippen LogP contribution in [0.25, 0.3) is 0 Å². The minimum absolute atomic E-state index is 0.0654. The van der Waals surface area contributed by atoms with Crippen molar-refractivity contribution in [2.75, 3.05) is 13.1 Å². The number of carbonyl (C=O) groups is 3. The third-order valence-corrected chi connectivity index (χ3v) is 3.47. The molecule has 2 atom stereocenters. The Kier molecular flexibility index (Phi) is 4.55. The number of piperidine rings is 1. The Bertz CT molecular complexity index is 385. The Balaban J connectivity index is 2.64. The molecule has 6 nitrogen and oxygen atoms in total. The molecule has 19 heavy (non-hydrogen) atoms. The topological polar surface area (TPSA) is 83.9 Å². The van der Waals surface area contributed by atoms with Crippen molar-refractivity contribution in [2.24, 2.45) is 11.3 Å². The molecule has 1 N–H and O–H groups in total. The zero-order valence-electron chi connectivity index (χ0n) is 11.8. The maximum absolute atomic E-state index is 11.9. The summed E-state index contributed by atoms with van der Waals surface area (Å²) >= 11 is 0. The highest BCUT2D eigenvalue weighted by atomic mass is 16.6. The van der Waals surface area contributed by atoms with Gasteiger partial charge in [0.25, 0.3) is 0 Å². The van der Waals surface area contributed by atoms with Crippen LogP contribution in [-0.2, 0) is 14.3 Å². The van der Waals surface area contributed by atoms with E-state index in [9.17, 15) is 14.4 Å². The van der Waals surface area contributed by atoms with E-state index in [1.165, 1.54) is 4.90 Å². The van der Waals surface area contributed by atoms with Gasteiger partial charge in [0.2, 0.25) is 0 Å². The number of amides is 1. The largest absolute Gasteiger partial charge is 0.481 e. The normalized spacial score (nSPS) is 22.0. The average Bonchev–Trinajstić information content (AvgIpc) is 2.27. The first-order valence-corrected chi connectivity index (χ1v) is 6.34. The van der Waals surface area contributed by atoms with E-state index in [-0.39, 0.29) is 36.8 Å². The van der Waals surface area contributed by atoms with Gasteiger partial charge in [0, 0.05) is 19.5 Å². The van der Waals surface area contributed by atoms with Gasteiger partial charge in [-0.1, -0.05) is 20.8 Å². The molecule has 1 rings (SSSR count). The second-order valence-corrected chi connectivity index (χ2v) is 5.95. The molecule has 6 heteroatoms. The molecule has 0 spiro atoms. The Morgan fingerprint density at radius 2 is 2.00 bits per heavy atom. The molecule has 0 aromatic rings. The number of ether oxygens (including phenoxy) is 1. The molecule has 1 saturated heterocycles. The van der Waals surface area contributed by atoms with Crippen LogP contribution in [0, 0.1) is 11.3 Å². The van der Waals surface area contributed by atoms with Crippen molar-refractivity contribution >= 4 is 17.8 Å². The molecule has 0 aliphatic carbocycles. The fourth-order valence-electron chi connectivity index (χ4n) is 1.62. The fourth-order valence-corrected chi connectivity index (χ4v) is 1.62. The third-order valence-electron chi connectivity index (χ3n) is 3.47. The van der Waals surface area contributed by atoms with E-state index in [1.54, 1.807) is 6.92 Å². The molecule has 0 saturated carbocycles. The lowest BCUT2D eigenvalue weighted by molar-refractivity contribution is -0.148. The minimum atomic E-state index is -1.19. The van der Waals surface area contributed by atoms with E-state index in [0.717, 1.165) is 0 Å². The van der Waals surface area contributed by atoms with Crippen LogP contribution >= 0.6 is 0 Å². The maximum Gasteiger partial charge on any atom is 0.410 e. The highest BCUT2D eigenvalue weighted by Crippen LogP contribution is 2.23. The van der Waals surface area contributed by atoms with Crippen LogP contribution in [-0.4, -0.2) is 47.0 Å². The number of hydrogen-bond donors (Lipinski definition) is 1. The maximum atomic E-state index is 11.9. The van der Waals surface area contributed by atoms with Crippen LogP contribution in [0.3, 0.4) is 0 Å². The molecule has 1 amide bonds. The molecule has 0 bridgehead atoms. The van der Waals surface area contributed by atoms with E-state index in [1.807, 2.05) is 20.8 Å². The predicted octanol–water partition coefficient (Wildman–Crippen LogP) is 1.53. The predicted molar refractivity (Wildman–Crippen MR) is 67.7 cm³/mol. The summed E-state index contributed by atoms with van der Waals surface area (Å²) in [6, 6.07) is 0. The first kappa shape index (κ1) is 15.5. The lowest BCUT2D eigenvalue weighted by Crippen LogP contribution is -2.48. The first-order valence-electron chi connectivity index (χ1n) is 6.34. The monoisotopic (exact) mass is 271 g/mol. The number of hydrogen-bond acceptors (Lipinski definition) is 4. The van der Waals surface area contributed by atoms with Gasteiger partial charge in [-0.25, -0.2) is 4.79 Å². The molecule has 0 aromatic heterocycles. The Labute approximate surface area is 112 Å². The Hall–Kier alpha value is -1.59. The fraction of sp³-hybridized carbons (Fsp3) is 0.769. The van der Waals surface area contributed by atoms with Crippen molar-refractivity contribution in [1.82, 2.24) is 4.90 Å². The quantitative estimate of drug-likeness (QED) is 0.770. The van der Waals surface area contributed by atoms with Crippen molar-refractivity contribution in [3.8, 4) is 0 Å². The first-order chi connectivity index (χ1) is 8.62. The van der Waals surface area contributed by atoms with E-state index in [0.29, 0.717) is 0 Å². The van der Waals surface area contributed by atoms with Crippen molar-refractivity contribution in [3.05, 3.63) is 0 Å². The van der Waals surface area contributed by atoms with Crippen LogP contribution in [0.4, 0.5) is 4.79 Å². The molecule has 1 aliphatic heterocycles. The summed E-state index contributed by atoms with van der Waals surface area (Å²) in [6.45, 7) is 7.75. The summed E-state index contributed by atoms with van der Waals surface area (Å²) in [4.78, 5) is 35.6. The summed E-state index contributed by atoms with van der Waals surface area (Å²) in [5, 5.41) is 8.92. The van der Waals surface area contributed by atoms with Gasteiger partial charge in [-0.05, 0) is 12.3 Å². The number of ketones is 1. The number of likely N-dealkylation sites (tertiary alicyclic amines) is 1. The summed E-state index contributed by atoms with van der Waals surface area (Å²) in [6.07, 6.45) is -0.780. The highest BCUT2D eigenvalue weighted by molar-refractivity contribution is 5.99. The summed E-state index contributed by atoms with van der Waals surface area (Å²) in [5.41, 5.74) is -0.187. The highest BCUT2D eigenvalue weighted by Gasteiger charge is 2.36. The van der Waals surface area contributed by atoms with Gasteiger partial charge < -0.3 is 14.7 Å². The van der Waals surface area contributed by atoms with Crippen molar-refractivity contribution in [1.29, 1.82) is 0 Å². The number of nitrogens with zero attached hydrogens (tertiary/aromatic N) is 1. The van der Waals surface area contributed by atoms with E-state index < -0.39 is 18.0 Å². The number of carbonyl (C=O) groups excluding carboxylic acids is 2. The van der Waals surface area contributed by atoms with Crippen LogP contribution in [0.5, 0.6) is 0 Å². The molecular weight excluding hydrogens is 250 g/mol. The van der Waals surface area contributed by atoms with Crippen LogP contribution < -0.4 is 0 Å². The standard InChI is InChI=1S/C13H21NO5/c1-8(13(2,3)4)19-12(18)14-6-5-10(15)9(7-14)11(16)17/h8-9H,5-7H2,1-4H3,(H,16,17). The van der Waals surface area contributed by atoms with Crippen LogP contribution in [0.1, 0.15) is 34.1 Å². The number of carboxylic acids is 1. The zero-order valence-corrected chi connectivity index (χ0v) is 11.8. The van der Waals surface area contributed by atoms with Gasteiger partial charge in [-0.15, -0.1) is 0 Å². The van der Waals surface area contributed by atoms with E-state index >= 15 is 0 Å². The Morgan fingerprint density at radius 3 is 2.47 bits per heavy atom. The van der Waals surface area contributed by atoms with Gasteiger partial charge in [0.1, 0.15) is 12.0 Å². The van der Waals surface area contributed by atoms with Gasteiger partial charge in [0.05, 0.1) is 0 Å². The SMILES string of the molecule is CC(OC(=O)N1CCC(=O)C(C(=O)O)C1)C(C)(C)C. The number of Topliss-reactive ketones (excluding diaryl/α,β-unsaturated/α-hetero) is 1. The van der Waals surface area contributed by atoms with Gasteiger partial charge >= 0.3 is 12.1 Å². The van der Waals surface area contributed by atoms with Gasteiger partial charge in [-0.3, -0.25) is 9.59 Å². The van der Waals surface area contributed by atoms with Gasteiger partial charge in [0.15, 0.2) is 5.78 Å². The number of carboxylic acid groups (broad SMARTS) is 1. The summed E-state index contributed by atoms with van der Waals surface area (Å²) < 4.78 is 5.30. The average molecular weight is 271 g/mol. The third kappa shape index (κ3) is 3.94. The molecule has 108 valence electrons. The van der Waals surface area contributed by atoms with E-state index in [2.05, 4.69) is 0 Å². The smallest absolute Gasteiger partial charge is 0.410 e. The summed E-state index contributed by atoms with van der Waals surface area (Å²) in [5.74, 6) is -2.65. The lowest BCUT2D eigenvalue weighted by atomic mass is 9.90. The zero-order chi connectivity index (χ0) is 14.8. The number of rotatable bonds is 2. The minimum Gasteiger partial charge on any atom is -0.481 e. The molecule has 2 unspecified atom stereocenters. The second-order valence-electron chi connectivity index (χ2n) is 5.95. The summed E-state index contributed by atoms with van der Waals surface area (Å²) in [7, 11) is 0. The number of aliphatic carboxylic acids is 1. The molecule has 1 heterocycles. The van der Waals surface area contributed by atoms with Crippen LogP contribution in [0.15, 0.2) is 0 Å². The van der Waals surface area contributed by atoms with Crippen LogP contribution in [0.2, 0.25) is 0 Å². The molecule has 0 radical (unpaired) electrons. The molecule has 1 fully saturated rings. The van der Waals surface area contributed by atoms with Crippen molar-refractivity contribution in [2.45, 2.75) is 40.2 Å². The van der Waals surface area contributed by atoms with Crippen molar-refractivity contribution in [3.63, 3.8) is 0 Å². The van der Waals surface area contributed by atoms with Crippen molar-refractivity contribution < 1.29 is 24.2 Å². The molecule has 0 aromatic carbocycles.